The van der Waals surface area contributed by atoms with Crippen molar-refractivity contribution in [2.45, 2.75) is 59.2 Å². The molecule has 2 aromatic carbocycles. The third-order valence-electron chi connectivity index (χ3n) is 5.39. The Kier molecular flexibility index (Phi) is 10.0. The second-order valence-electron chi connectivity index (χ2n) is 7.81. The number of aryl methyl sites for hydroxylation is 1. The Hall–Kier alpha value is -2.54. The van der Waals surface area contributed by atoms with Crippen LogP contribution in [-0.4, -0.2) is 42.5 Å². The summed E-state index contributed by atoms with van der Waals surface area (Å²) in [5.41, 5.74) is 1.93. The van der Waals surface area contributed by atoms with Crippen LogP contribution in [-0.2, 0) is 16.1 Å². The maximum Gasteiger partial charge on any atom is 0.261 e. The number of halogens is 1. The summed E-state index contributed by atoms with van der Waals surface area (Å²) in [5, 5.41) is 3.01. The number of ether oxygens (including phenoxy) is 2. The van der Waals surface area contributed by atoms with E-state index in [4.69, 9.17) is 9.47 Å². The molecule has 0 fully saturated rings. The number of nitrogens with zero attached hydrogens (tertiary/aromatic N) is 1. The lowest BCUT2D eigenvalue weighted by molar-refractivity contribution is -0.143. The van der Waals surface area contributed by atoms with Gasteiger partial charge >= 0.3 is 0 Å². The van der Waals surface area contributed by atoms with E-state index in [1.807, 2.05) is 70.2 Å². The molecule has 32 heavy (non-hydrogen) atoms. The predicted octanol–water partition coefficient (Wildman–Crippen LogP) is 4.87. The van der Waals surface area contributed by atoms with E-state index in [0.29, 0.717) is 18.7 Å². The van der Waals surface area contributed by atoms with E-state index in [0.717, 1.165) is 27.8 Å². The van der Waals surface area contributed by atoms with Crippen LogP contribution in [0.3, 0.4) is 0 Å². The van der Waals surface area contributed by atoms with E-state index in [-0.39, 0.29) is 24.5 Å². The third-order valence-corrected chi connectivity index (χ3v) is 6.28. The SMILES string of the molecule is CCC(C)NC(=O)C(CC)N(Cc1ccc(OC)cc1)C(=O)COc1ccc(Br)c(C)c1. The Morgan fingerprint density at radius 2 is 1.72 bits per heavy atom. The molecule has 7 heteroatoms. The topological polar surface area (TPSA) is 67.9 Å². The first-order chi connectivity index (χ1) is 15.3. The average molecular weight is 505 g/mol. The number of hydrogen-bond acceptors (Lipinski definition) is 4. The van der Waals surface area contributed by atoms with E-state index in [1.54, 1.807) is 12.0 Å². The first-order valence-corrected chi connectivity index (χ1v) is 11.7. The molecule has 2 aromatic rings. The summed E-state index contributed by atoms with van der Waals surface area (Å²) in [6.07, 6.45) is 1.32. The first kappa shape index (κ1) is 25.7. The second kappa shape index (κ2) is 12.5. The fourth-order valence-corrected chi connectivity index (χ4v) is 3.47. The summed E-state index contributed by atoms with van der Waals surface area (Å²) in [5.74, 6) is 0.957. The quantitative estimate of drug-likeness (QED) is 0.474. The number of benzene rings is 2. The van der Waals surface area contributed by atoms with Crippen LogP contribution >= 0.6 is 15.9 Å². The Balaban J connectivity index is 2.22. The molecule has 174 valence electrons. The van der Waals surface area contributed by atoms with E-state index in [1.165, 1.54) is 0 Å². The molecule has 0 aliphatic rings. The minimum atomic E-state index is -0.589. The van der Waals surface area contributed by atoms with Crippen molar-refractivity contribution in [3.05, 3.63) is 58.1 Å². The molecule has 0 bridgehead atoms. The molecule has 1 N–H and O–H groups in total. The van der Waals surface area contributed by atoms with Crippen molar-refractivity contribution in [1.29, 1.82) is 0 Å². The number of rotatable bonds is 11. The van der Waals surface area contributed by atoms with Crippen LogP contribution in [0.2, 0.25) is 0 Å². The zero-order valence-corrected chi connectivity index (χ0v) is 21.1. The molecule has 0 saturated heterocycles. The fourth-order valence-electron chi connectivity index (χ4n) is 3.22. The van der Waals surface area contributed by atoms with Gasteiger partial charge in [-0.1, -0.05) is 41.9 Å². The normalized spacial score (nSPS) is 12.6. The number of nitrogens with one attached hydrogen (secondary N) is 1. The summed E-state index contributed by atoms with van der Waals surface area (Å²) >= 11 is 3.47. The molecule has 0 saturated carbocycles. The van der Waals surface area contributed by atoms with Gasteiger partial charge in [-0.25, -0.2) is 0 Å². The van der Waals surface area contributed by atoms with Crippen LogP contribution in [0.25, 0.3) is 0 Å². The highest BCUT2D eigenvalue weighted by Crippen LogP contribution is 2.22. The van der Waals surface area contributed by atoms with Crippen molar-refractivity contribution in [2.75, 3.05) is 13.7 Å². The smallest absolute Gasteiger partial charge is 0.261 e. The van der Waals surface area contributed by atoms with Gasteiger partial charge in [0.2, 0.25) is 5.91 Å². The Bertz CT molecular complexity index is 901. The molecule has 0 aliphatic heterocycles. The van der Waals surface area contributed by atoms with Crippen LogP contribution in [0.5, 0.6) is 11.5 Å². The summed E-state index contributed by atoms with van der Waals surface area (Å²) in [6.45, 7) is 8.00. The van der Waals surface area contributed by atoms with Gasteiger partial charge < -0.3 is 19.7 Å². The lowest BCUT2D eigenvalue weighted by atomic mass is 10.1. The molecule has 0 aliphatic carbocycles. The van der Waals surface area contributed by atoms with Gasteiger partial charge in [-0.05, 0) is 68.1 Å². The highest BCUT2D eigenvalue weighted by Gasteiger charge is 2.29. The molecule has 6 nitrogen and oxygen atoms in total. The highest BCUT2D eigenvalue weighted by atomic mass is 79.9. The standard InChI is InChI=1S/C25H33BrN2O4/c1-6-18(4)27-25(30)23(7-2)28(15-19-8-10-20(31-5)11-9-19)24(29)16-32-21-12-13-22(26)17(3)14-21/h8-14,18,23H,6-7,15-16H2,1-5H3,(H,27,30). The van der Waals surface area contributed by atoms with E-state index < -0.39 is 6.04 Å². The van der Waals surface area contributed by atoms with Gasteiger partial charge in [0.25, 0.3) is 5.91 Å². The molecule has 2 atom stereocenters. The molecule has 2 rings (SSSR count). The lowest BCUT2D eigenvalue weighted by Crippen LogP contribution is -2.51. The predicted molar refractivity (Wildman–Crippen MR) is 130 cm³/mol. The van der Waals surface area contributed by atoms with Crippen LogP contribution in [0.4, 0.5) is 0 Å². The first-order valence-electron chi connectivity index (χ1n) is 10.9. The molecule has 0 spiro atoms. The van der Waals surface area contributed by atoms with Crippen LogP contribution < -0.4 is 14.8 Å². The summed E-state index contributed by atoms with van der Waals surface area (Å²) < 4.78 is 12.0. The maximum atomic E-state index is 13.2. The van der Waals surface area contributed by atoms with Crippen molar-refractivity contribution in [3.63, 3.8) is 0 Å². The van der Waals surface area contributed by atoms with Gasteiger partial charge in [-0.2, -0.15) is 0 Å². The summed E-state index contributed by atoms with van der Waals surface area (Å²) in [7, 11) is 1.61. The summed E-state index contributed by atoms with van der Waals surface area (Å²) in [4.78, 5) is 27.8. The fraction of sp³-hybridized carbons (Fsp3) is 0.440. The summed E-state index contributed by atoms with van der Waals surface area (Å²) in [6, 6.07) is 12.5. The Morgan fingerprint density at radius 1 is 1.06 bits per heavy atom. The van der Waals surface area contributed by atoms with Gasteiger partial charge in [-0.15, -0.1) is 0 Å². The van der Waals surface area contributed by atoms with Crippen molar-refractivity contribution in [2.24, 2.45) is 0 Å². The highest BCUT2D eigenvalue weighted by molar-refractivity contribution is 9.10. The zero-order valence-electron chi connectivity index (χ0n) is 19.5. The molecular formula is C25H33BrN2O4. The molecule has 0 heterocycles. The van der Waals surface area contributed by atoms with Gasteiger partial charge in [0.05, 0.1) is 7.11 Å². The van der Waals surface area contributed by atoms with Crippen molar-refractivity contribution in [1.82, 2.24) is 10.2 Å². The van der Waals surface area contributed by atoms with Gasteiger partial charge in [-0.3, -0.25) is 9.59 Å². The Labute approximate surface area is 199 Å². The minimum absolute atomic E-state index is 0.0384. The second-order valence-corrected chi connectivity index (χ2v) is 8.67. The molecular weight excluding hydrogens is 472 g/mol. The van der Waals surface area contributed by atoms with E-state index in [2.05, 4.69) is 21.2 Å². The number of amides is 2. The zero-order chi connectivity index (χ0) is 23.7. The van der Waals surface area contributed by atoms with Crippen LogP contribution in [0, 0.1) is 6.92 Å². The monoisotopic (exact) mass is 504 g/mol. The Morgan fingerprint density at radius 3 is 2.28 bits per heavy atom. The molecule has 0 radical (unpaired) electrons. The van der Waals surface area contributed by atoms with Crippen molar-refractivity contribution in [3.8, 4) is 11.5 Å². The van der Waals surface area contributed by atoms with Gasteiger partial charge in [0, 0.05) is 17.1 Å². The molecule has 2 amide bonds. The van der Waals surface area contributed by atoms with E-state index in [9.17, 15) is 9.59 Å². The number of hydrogen-bond donors (Lipinski definition) is 1. The van der Waals surface area contributed by atoms with E-state index >= 15 is 0 Å². The minimum Gasteiger partial charge on any atom is -0.497 e. The van der Waals surface area contributed by atoms with Crippen molar-refractivity contribution < 1.29 is 19.1 Å². The number of carbonyl (C=O) groups excluding carboxylic acids is 2. The van der Waals surface area contributed by atoms with Gasteiger partial charge in [0.1, 0.15) is 17.5 Å². The lowest BCUT2D eigenvalue weighted by Gasteiger charge is -2.31. The van der Waals surface area contributed by atoms with Crippen molar-refractivity contribution >= 4 is 27.7 Å². The molecule has 0 aromatic heterocycles. The average Bonchev–Trinajstić information content (AvgIpc) is 2.79. The molecule has 2 unspecified atom stereocenters. The maximum absolute atomic E-state index is 13.2. The van der Waals surface area contributed by atoms with Crippen LogP contribution in [0.1, 0.15) is 44.7 Å². The van der Waals surface area contributed by atoms with Crippen LogP contribution in [0.15, 0.2) is 46.9 Å². The number of carbonyl (C=O) groups is 2. The van der Waals surface area contributed by atoms with Gasteiger partial charge in [0.15, 0.2) is 6.61 Å². The largest absolute Gasteiger partial charge is 0.497 e. The number of methoxy groups -OCH3 is 1. The third kappa shape index (κ3) is 7.26.